The normalized spacial score (nSPS) is 10.8. The van der Waals surface area contributed by atoms with Gasteiger partial charge in [-0.2, -0.15) is 0 Å². The molecule has 0 bridgehead atoms. The van der Waals surface area contributed by atoms with Gasteiger partial charge in [0.1, 0.15) is 22.9 Å². The second kappa shape index (κ2) is 7.76. The summed E-state index contributed by atoms with van der Waals surface area (Å²) in [6.45, 7) is 1.40. The Hall–Kier alpha value is -3.66. The van der Waals surface area contributed by atoms with Crippen LogP contribution in [0.5, 0.6) is 5.75 Å². The van der Waals surface area contributed by atoms with Gasteiger partial charge < -0.3 is 9.15 Å². The highest BCUT2D eigenvalue weighted by atomic mass is 16.5. The molecule has 0 saturated heterocycles. The minimum absolute atomic E-state index is 0.167. The van der Waals surface area contributed by atoms with E-state index in [1.807, 2.05) is 66.7 Å². The first-order chi connectivity index (χ1) is 14.1. The zero-order chi connectivity index (χ0) is 20.4. The van der Waals surface area contributed by atoms with Gasteiger partial charge >= 0.3 is 0 Å². The van der Waals surface area contributed by atoms with E-state index in [2.05, 4.69) is 0 Å². The molecule has 4 heteroatoms. The monoisotopic (exact) mass is 384 g/mol. The molecular weight excluding hydrogens is 364 g/mol. The summed E-state index contributed by atoms with van der Waals surface area (Å²) in [7, 11) is 1.52. The highest BCUT2D eigenvalue weighted by Crippen LogP contribution is 2.43. The summed E-state index contributed by atoms with van der Waals surface area (Å²) in [5.41, 5.74) is 3.82. The highest BCUT2D eigenvalue weighted by molar-refractivity contribution is 6.12. The second-order valence-corrected chi connectivity index (χ2v) is 6.89. The lowest BCUT2D eigenvalue weighted by Crippen LogP contribution is -2.06. The summed E-state index contributed by atoms with van der Waals surface area (Å²) in [4.78, 5) is 24.0. The number of hydrogen-bond donors (Lipinski definition) is 0. The van der Waals surface area contributed by atoms with Crippen LogP contribution >= 0.6 is 0 Å². The molecule has 144 valence electrons. The van der Waals surface area contributed by atoms with Crippen molar-refractivity contribution in [2.45, 2.75) is 13.3 Å². The van der Waals surface area contributed by atoms with Gasteiger partial charge in [-0.3, -0.25) is 9.59 Å². The number of benzene rings is 3. The van der Waals surface area contributed by atoms with E-state index >= 15 is 0 Å². The molecule has 0 fully saturated rings. The molecule has 3 aromatic carbocycles. The molecule has 0 atom stereocenters. The number of methoxy groups -OCH3 is 1. The zero-order valence-corrected chi connectivity index (χ0v) is 16.3. The SMILES string of the molecule is COc1cc2c(-c3ccccc3)c(-c3ccccc3)oc2cc1C(=O)CC(C)=O. The van der Waals surface area contributed by atoms with Gasteiger partial charge in [-0.15, -0.1) is 0 Å². The molecule has 0 radical (unpaired) electrons. The van der Waals surface area contributed by atoms with Crippen LogP contribution in [0.1, 0.15) is 23.7 Å². The summed E-state index contributed by atoms with van der Waals surface area (Å²) in [6.07, 6.45) is -0.167. The molecule has 4 nitrogen and oxygen atoms in total. The minimum atomic E-state index is -0.282. The van der Waals surface area contributed by atoms with E-state index in [-0.39, 0.29) is 18.0 Å². The fourth-order valence-electron chi connectivity index (χ4n) is 3.52. The van der Waals surface area contributed by atoms with Crippen molar-refractivity contribution in [1.29, 1.82) is 0 Å². The topological polar surface area (TPSA) is 56.5 Å². The standard InChI is InChI=1S/C25H20O4/c1-16(26)13-21(27)19-14-23-20(15-22(19)28-2)24(17-9-5-3-6-10-17)25(29-23)18-11-7-4-8-12-18/h3-12,14-15H,13H2,1-2H3. The van der Waals surface area contributed by atoms with Gasteiger partial charge in [0.2, 0.25) is 0 Å². The van der Waals surface area contributed by atoms with Crippen LogP contribution in [0.2, 0.25) is 0 Å². The molecular formula is C25H20O4. The van der Waals surface area contributed by atoms with Crippen LogP contribution in [0.15, 0.2) is 77.2 Å². The van der Waals surface area contributed by atoms with Crippen molar-refractivity contribution in [1.82, 2.24) is 0 Å². The summed E-state index contributed by atoms with van der Waals surface area (Å²) < 4.78 is 11.7. The largest absolute Gasteiger partial charge is 0.496 e. The van der Waals surface area contributed by atoms with Gasteiger partial charge in [0.15, 0.2) is 5.78 Å². The first-order valence-corrected chi connectivity index (χ1v) is 9.36. The molecule has 0 amide bonds. The van der Waals surface area contributed by atoms with Crippen LogP contribution in [-0.2, 0) is 4.79 Å². The van der Waals surface area contributed by atoms with Crippen molar-refractivity contribution in [3.05, 3.63) is 78.4 Å². The third kappa shape index (κ3) is 3.57. The number of carbonyl (C=O) groups is 2. The third-order valence-electron chi connectivity index (χ3n) is 4.82. The lowest BCUT2D eigenvalue weighted by atomic mass is 9.96. The number of rotatable bonds is 6. The summed E-state index contributed by atoms with van der Waals surface area (Å²) in [5, 5.41) is 0.853. The number of furan rings is 1. The quantitative estimate of drug-likeness (QED) is 0.305. The summed E-state index contributed by atoms with van der Waals surface area (Å²) >= 11 is 0. The number of hydrogen-bond acceptors (Lipinski definition) is 4. The molecule has 0 aliphatic heterocycles. The van der Waals surface area contributed by atoms with Gasteiger partial charge in [0.05, 0.1) is 19.1 Å². The van der Waals surface area contributed by atoms with E-state index in [0.717, 1.165) is 27.8 Å². The van der Waals surface area contributed by atoms with Crippen LogP contribution in [0, 0.1) is 0 Å². The Morgan fingerprint density at radius 1 is 0.897 bits per heavy atom. The maximum atomic E-state index is 12.6. The Morgan fingerprint density at radius 2 is 1.52 bits per heavy atom. The van der Waals surface area contributed by atoms with E-state index < -0.39 is 0 Å². The van der Waals surface area contributed by atoms with E-state index in [9.17, 15) is 9.59 Å². The lowest BCUT2D eigenvalue weighted by Gasteiger charge is -2.08. The lowest BCUT2D eigenvalue weighted by molar-refractivity contribution is -0.116. The number of fused-ring (bicyclic) bond motifs is 1. The van der Waals surface area contributed by atoms with Crippen LogP contribution in [-0.4, -0.2) is 18.7 Å². The number of ether oxygens (including phenoxy) is 1. The molecule has 4 aromatic rings. The number of Topliss-reactive ketones (excluding diaryl/α,β-unsaturated/α-hetero) is 2. The maximum absolute atomic E-state index is 12.6. The van der Waals surface area contributed by atoms with Crippen LogP contribution in [0.3, 0.4) is 0 Å². The molecule has 4 rings (SSSR count). The first-order valence-electron chi connectivity index (χ1n) is 9.36. The second-order valence-electron chi connectivity index (χ2n) is 6.89. The van der Waals surface area contributed by atoms with Crippen molar-refractivity contribution in [2.75, 3.05) is 7.11 Å². The molecule has 0 saturated carbocycles. The summed E-state index contributed by atoms with van der Waals surface area (Å²) in [5.74, 6) is 0.688. The Balaban J connectivity index is 2.00. The van der Waals surface area contributed by atoms with Gasteiger partial charge in [-0.1, -0.05) is 60.7 Å². The van der Waals surface area contributed by atoms with Crippen LogP contribution in [0.25, 0.3) is 33.4 Å². The van der Waals surface area contributed by atoms with Crippen molar-refractivity contribution in [2.24, 2.45) is 0 Å². The molecule has 0 N–H and O–H groups in total. The average Bonchev–Trinajstić information content (AvgIpc) is 3.12. The summed E-state index contributed by atoms with van der Waals surface area (Å²) in [6, 6.07) is 23.3. The van der Waals surface area contributed by atoms with Crippen molar-refractivity contribution >= 4 is 22.5 Å². The smallest absolute Gasteiger partial charge is 0.174 e. The zero-order valence-electron chi connectivity index (χ0n) is 16.3. The average molecular weight is 384 g/mol. The molecule has 0 aliphatic rings. The molecule has 29 heavy (non-hydrogen) atoms. The van der Waals surface area contributed by atoms with Crippen molar-refractivity contribution in [3.63, 3.8) is 0 Å². The van der Waals surface area contributed by atoms with Crippen LogP contribution < -0.4 is 4.74 Å². The van der Waals surface area contributed by atoms with Crippen molar-refractivity contribution in [3.8, 4) is 28.2 Å². The fourth-order valence-corrected chi connectivity index (χ4v) is 3.52. The predicted molar refractivity (Wildman–Crippen MR) is 113 cm³/mol. The predicted octanol–water partition coefficient (Wildman–Crippen LogP) is 5.94. The number of carbonyl (C=O) groups excluding carboxylic acids is 2. The Kier molecular flexibility index (Phi) is 5.00. The molecule has 1 aromatic heterocycles. The number of ketones is 2. The van der Waals surface area contributed by atoms with Crippen molar-refractivity contribution < 1.29 is 18.7 Å². The first kappa shape index (κ1) is 18.7. The van der Waals surface area contributed by atoms with Gasteiger partial charge in [0.25, 0.3) is 0 Å². The fraction of sp³-hybridized carbons (Fsp3) is 0.120. The minimum Gasteiger partial charge on any atom is -0.496 e. The van der Waals surface area contributed by atoms with E-state index in [0.29, 0.717) is 16.9 Å². The van der Waals surface area contributed by atoms with E-state index in [4.69, 9.17) is 9.15 Å². The Bertz CT molecular complexity index is 1190. The van der Waals surface area contributed by atoms with Gasteiger partial charge in [-0.25, -0.2) is 0 Å². The van der Waals surface area contributed by atoms with Crippen LogP contribution in [0.4, 0.5) is 0 Å². The Morgan fingerprint density at radius 3 is 2.10 bits per heavy atom. The molecule has 0 aliphatic carbocycles. The maximum Gasteiger partial charge on any atom is 0.174 e. The molecule has 0 spiro atoms. The molecule has 1 heterocycles. The third-order valence-corrected chi connectivity index (χ3v) is 4.82. The van der Waals surface area contributed by atoms with Gasteiger partial charge in [0, 0.05) is 16.5 Å². The molecule has 0 unspecified atom stereocenters. The van der Waals surface area contributed by atoms with Gasteiger partial charge in [-0.05, 0) is 24.6 Å². The van der Waals surface area contributed by atoms with E-state index in [1.54, 1.807) is 6.07 Å². The van der Waals surface area contributed by atoms with E-state index in [1.165, 1.54) is 14.0 Å². The highest BCUT2D eigenvalue weighted by Gasteiger charge is 2.22. The Labute approximate surface area is 168 Å².